The number of nitrogens with one attached hydrogen (secondary N) is 2. The average Bonchev–Trinajstić information content (AvgIpc) is 3.29. The zero-order valence-corrected chi connectivity index (χ0v) is 19.4. The van der Waals surface area contributed by atoms with Crippen LogP contribution in [0.3, 0.4) is 0 Å². The number of thioether (sulfide) groups is 1. The van der Waals surface area contributed by atoms with Crippen LogP contribution in [0.4, 0.5) is 0 Å². The van der Waals surface area contributed by atoms with Gasteiger partial charge in [0.25, 0.3) is 5.56 Å². The second-order valence-corrected chi connectivity index (χ2v) is 9.68. The molecule has 1 unspecified atom stereocenters. The van der Waals surface area contributed by atoms with Gasteiger partial charge in [0.1, 0.15) is 10.9 Å². The fourth-order valence-electron chi connectivity index (χ4n) is 3.57. The maximum absolute atomic E-state index is 12.7. The molecule has 0 aliphatic heterocycles. The van der Waals surface area contributed by atoms with Gasteiger partial charge >= 0.3 is 5.97 Å². The van der Waals surface area contributed by atoms with Crippen molar-refractivity contribution < 1.29 is 14.7 Å². The molecule has 166 valence electrons. The van der Waals surface area contributed by atoms with E-state index in [0.29, 0.717) is 15.4 Å². The molecule has 4 aromatic rings. The molecular weight excluding hydrogens is 448 g/mol. The van der Waals surface area contributed by atoms with Crippen LogP contribution in [0.1, 0.15) is 16.0 Å². The van der Waals surface area contributed by atoms with Crippen LogP contribution in [-0.4, -0.2) is 43.3 Å². The van der Waals surface area contributed by atoms with Crippen molar-refractivity contribution in [3.05, 3.63) is 56.8 Å². The van der Waals surface area contributed by atoms with Crippen LogP contribution in [0, 0.1) is 13.8 Å². The quantitative estimate of drug-likeness (QED) is 0.282. The minimum atomic E-state index is -1.11. The van der Waals surface area contributed by atoms with Crippen LogP contribution in [0.15, 0.2) is 40.4 Å². The number of hydrogen-bond donors (Lipinski definition) is 3. The van der Waals surface area contributed by atoms with Crippen molar-refractivity contribution in [2.75, 3.05) is 5.75 Å². The van der Waals surface area contributed by atoms with Gasteiger partial charge in [0.15, 0.2) is 5.16 Å². The lowest BCUT2D eigenvalue weighted by molar-refractivity contribution is -0.141. The predicted molar refractivity (Wildman–Crippen MR) is 127 cm³/mol. The number of aryl methyl sites for hydroxylation is 2. The fraction of sp³-hybridized carbons (Fsp3) is 0.273. The Balaban J connectivity index is 1.47. The highest BCUT2D eigenvalue weighted by Crippen LogP contribution is 2.28. The predicted octanol–water partition coefficient (Wildman–Crippen LogP) is 3.00. The molecule has 0 bridgehead atoms. The van der Waals surface area contributed by atoms with Gasteiger partial charge in [0.2, 0.25) is 5.91 Å². The molecule has 1 aromatic carbocycles. The second kappa shape index (κ2) is 8.79. The first kappa shape index (κ1) is 22.1. The number of para-hydroxylation sites is 1. The van der Waals surface area contributed by atoms with Gasteiger partial charge in [0.05, 0.1) is 11.1 Å². The topological polar surface area (TPSA) is 117 Å². The number of H-pyrrole nitrogens is 1. The Labute approximate surface area is 191 Å². The van der Waals surface area contributed by atoms with Gasteiger partial charge in [-0.25, -0.2) is 9.78 Å². The van der Waals surface area contributed by atoms with Gasteiger partial charge in [-0.3, -0.25) is 14.2 Å². The van der Waals surface area contributed by atoms with Crippen molar-refractivity contribution in [3.63, 3.8) is 0 Å². The monoisotopic (exact) mass is 470 g/mol. The summed E-state index contributed by atoms with van der Waals surface area (Å²) in [7, 11) is 1.62. The Morgan fingerprint density at radius 3 is 2.81 bits per heavy atom. The van der Waals surface area contributed by atoms with Crippen LogP contribution in [0.2, 0.25) is 0 Å². The Bertz CT molecular complexity index is 1400. The molecular formula is C22H22N4O4S2. The Hall–Kier alpha value is -3.11. The number of carboxylic acids is 1. The van der Waals surface area contributed by atoms with Crippen LogP contribution in [0.25, 0.3) is 21.1 Å². The van der Waals surface area contributed by atoms with Crippen molar-refractivity contribution in [3.8, 4) is 0 Å². The molecule has 32 heavy (non-hydrogen) atoms. The number of aromatic amines is 1. The third kappa shape index (κ3) is 4.15. The van der Waals surface area contributed by atoms with Crippen LogP contribution in [-0.2, 0) is 23.1 Å². The minimum absolute atomic E-state index is 0.0488. The molecule has 0 aliphatic rings. The van der Waals surface area contributed by atoms with Gasteiger partial charge in [-0.2, -0.15) is 0 Å². The van der Waals surface area contributed by atoms with E-state index in [9.17, 15) is 19.5 Å². The molecule has 0 spiro atoms. The number of thiophene rings is 1. The van der Waals surface area contributed by atoms with Crippen molar-refractivity contribution in [1.29, 1.82) is 0 Å². The van der Waals surface area contributed by atoms with E-state index in [-0.39, 0.29) is 17.7 Å². The largest absolute Gasteiger partial charge is 0.480 e. The van der Waals surface area contributed by atoms with Gasteiger partial charge in [-0.05, 0) is 31.0 Å². The molecule has 1 amide bonds. The van der Waals surface area contributed by atoms with Crippen molar-refractivity contribution >= 4 is 56.1 Å². The van der Waals surface area contributed by atoms with Crippen molar-refractivity contribution in [2.24, 2.45) is 7.05 Å². The lowest BCUT2D eigenvalue weighted by Gasteiger charge is -2.14. The zero-order chi connectivity index (χ0) is 23.0. The first-order valence-electron chi connectivity index (χ1n) is 9.93. The average molecular weight is 471 g/mol. The Morgan fingerprint density at radius 2 is 2.06 bits per heavy atom. The molecule has 0 saturated heterocycles. The number of carbonyl (C=O) groups is 2. The third-order valence-electron chi connectivity index (χ3n) is 5.43. The number of nitrogens with zero attached hydrogens (tertiary/aromatic N) is 2. The maximum atomic E-state index is 12.7. The molecule has 0 radical (unpaired) electrons. The highest BCUT2D eigenvalue weighted by molar-refractivity contribution is 7.99. The summed E-state index contributed by atoms with van der Waals surface area (Å²) in [6.07, 6.45) is 1.92. The summed E-state index contributed by atoms with van der Waals surface area (Å²) in [5, 5.41) is 14.2. The van der Waals surface area contributed by atoms with Gasteiger partial charge < -0.3 is 15.4 Å². The molecule has 4 rings (SSSR count). The molecule has 8 nitrogen and oxygen atoms in total. The minimum Gasteiger partial charge on any atom is -0.480 e. The number of amides is 1. The fourth-order valence-corrected chi connectivity index (χ4v) is 5.43. The number of carbonyl (C=O) groups excluding carboxylic acids is 1. The highest BCUT2D eigenvalue weighted by Gasteiger charge is 2.22. The molecule has 3 heterocycles. The van der Waals surface area contributed by atoms with Crippen molar-refractivity contribution in [2.45, 2.75) is 31.5 Å². The van der Waals surface area contributed by atoms with Crippen LogP contribution < -0.4 is 10.9 Å². The standard InChI is InChI=1S/C22H22N4O4S2/c1-11-12(2)32-19-18(11)20(28)26(3)22(25-19)31-10-17(27)24-16(21(29)30)8-13-9-23-15-7-5-4-6-14(13)15/h4-7,9,16,23H,8,10H2,1-3H3,(H,24,27)(H,29,30). The van der Waals surface area contributed by atoms with Crippen molar-refractivity contribution in [1.82, 2.24) is 19.9 Å². The van der Waals surface area contributed by atoms with Gasteiger partial charge in [-0.15, -0.1) is 11.3 Å². The summed E-state index contributed by atoms with van der Waals surface area (Å²) in [4.78, 5) is 46.3. The van der Waals surface area contributed by atoms with E-state index in [1.165, 1.54) is 15.9 Å². The molecule has 3 aromatic heterocycles. The van der Waals surface area contributed by atoms with Gasteiger partial charge in [-0.1, -0.05) is 30.0 Å². The second-order valence-electron chi connectivity index (χ2n) is 7.53. The molecule has 1 atom stereocenters. The molecule has 3 N–H and O–H groups in total. The van der Waals surface area contributed by atoms with E-state index in [2.05, 4.69) is 15.3 Å². The SMILES string of the molecule is Cc1sc2nc(SCC(=O)NC(Cc3c[nH]c4ccccc34)C(=O)O)n(C)c(=O)c2c1C. The first-order chi connectivity index (χ1) is 15.3. The number of carboxylic acid groups (broad SMARTS) is 1. The van der Waals surface area contributed by atoms with E-state index in [1.54, 1.807) is 13.2 Å². The zero-order valence-electron chi connectivity index (χ0n) is 17.8. The molecule has 0 aliphatic carbocycles. The normalized spacial score (nSPS) is 12.3. The molecule has 0 saturated carbocycles. The maximum Gasteiger partial charge on any atom is 0.326 e. The Kier molecular flexibility index (Phi) is 6.07. The number of aromatic nitrogens is 3. The summed E-state index contributed by atoms with van der Waals surface area (Å²) < 4.78 is 1.43. The van der Waals surface area contributed by atoms with E-state index < -0.39 is 17.9 Å². The summed E-state index contributed by atoms with van der Waals surface area (Å²) in [5.41, 5.74) is 2.50. The van der Waals surface area contributed by atoms with Crippen LogP contribution in [0.5, 0.6) is 0 Å². The summed E-state index contributed by atoms with van der Waals surface area (Å²) in [6, 6.07) is 6.54. The smallest absolute Gasteiger partial charge is 0.326 e. The summed E-state index contributed by atoms with van der Waals surface area (Å²) in [6.45, 7) is 3.85. The molecule has 10 heteroatoms. The summed E-state index contributed by atoms with van der Waals surface area (Å²) in [5.74, 6) is -1.59. The third-order valence-corrected chi connectivity index (χ3v) is 7.56. The number of benzene rings is 1. The number of hydrogen-bond acceptors (Lipinski definition) is 6. The van der Waals surface area contributed by atoms with Gasteiger partial charge in [0, 0.05) is 35.4 Å². The van der Waals surface area contributed by atoms with E-state index in [4.69, 9.17) is 0 Å². The lowest BCUT2D eigenvalue weighted by Crippen LogP contribution is -2.43. The number of rotatable bonds is 7. The first-order valence-corrected chi connectivity index (χ1v) is 11.7. The van der Waals surface area contributed by atoms with E-state index in [1.807, 2.05) is 38.1 Å². The number of fused-ring (bicyclic) bond motifs is 2. The van der Waals surface area contributed by atoms with E-state index in [0.717, 1.165) is 38.7 Å². The number of aliphatic carboxylic acids is 1. The molecule has 0 fully saturated rings. The lowest BCUT2D eigenvalue weighted by atomic mass is 10.1. The highest BCUT2D eigenvalue weighted by atomic mass is 32.2. The van der Waals surface area contributed by atoms with E-state index >= 15 is 0 Å². The Morgan fingerprint density at radius 1 is 1.31 bits per heavy atom. The summed E-state index contributed by atoms with van der Waals surface area (Å²) >= 11 is 2.56. The van der Waals surface area contributed by atoms with Crippen LogP contribution >= 0.6 is 23.1 Å².